The normalized spacial score (nSPS) is 28.9. The maximum absolute atomic E-state index is 11.4. The van der Waals surface area contributed by atoms with Crippen LogP contribution in [-0.4, -0.2) is 49.2 Å². The van der Waals surface area contributed by atoms with Crippen molar-refractivity contribution in [1.29, 1.82) is 0 Å². The molecule has 0 aromatic rings. The fraction of sp³-hybridized carbons (Fsp3) is 0.909. The van der Waals surface area contributed by atoms with Crippen LogP contribution in [-0.2, 0) is 9.53 Å². The van der Waals surface area contributed by atoms with Crippen molar-refractivity contribution in [2.75, 3.05) is 20.2 Å². The molecule has 0 aromatic heterocycles. The highest BCUT2D eigenvalue weighted by atomic mass is 16.5. The van der Waals surface area contributed by atoms with Gasteiger partial charge in [0.25, 0.3) is 0 Å². The van der Waals surface area contributed by atoms with Gasteiger partial charge in [0.2, 0.25) is 5.91 Å². The molecule has 0 saturated carbocycles. The fourth-order valence-electron chi connectivity index (χ4n) is 2.49. The molecule has 1 saturated heterocycles. The fourth-order valence-corrected chi connectivity index (χ4v) is 2.49. The number of piperidine rings is 1. The van der Waals surface area contributed by atoms with Gasteiger partial charge in [-0.05, 0) is 19.3 Å². The summed E-state index contributed by atoms with van der Waals surface area (Å²) in [6.07, 6.45) is 2.83. The molecule has 1 aliphatic heterocycles. The number of hydrogen-bond acceptors (Lipinski definition) is 4. The number of ether oxygens (including phenoxy) is 1. The predicted molar refractivity (Wildman–Crippen MR) is 62.9 cm³/mol. The van der Waals surface area contributed by atoms with Gasteiger partial charge < -0.3 is 16.2 Å². The van der Waals surface area contributed by atoms with E-state index in [1.165, 1.54) is 0 Å². The molecule has 3 atom stereocenters. The Morgan fingerprint density at radius 1 is 1.62 bits per heavy atom. The first-order valence-corrected chi connectivity index (χ1v) is 5.91. The van der Waals surface area contributed by atoms with E-state index in [1.54, 1.807) is 7.11 Å². The largest absolute Gasteiger partial charge is 0.381 e. The standard InChI is InChI=1S/C11H23N3O2/c1-3-10(11(13)15)14-5-4-9(16-2)6-8(14)7-12/h8-10H,3-7,12H2,1-2H3,(H2,13,15). The van der Waals surface area contributed by atoms with Crippen LogP contribution in [0.2, 0.25) is 0 Å². The molecular weight excluding hydrogens is 206 g/mol. The number of likely N-dealkylation sites (tertiary alicyclic amines) is 1. The Kier molecular flexibility index (Phi) is 5.18. The number of rotatable bonds is 5. The Morgan fingerprint density at radius 3 is 2.75 bits per heavy atom. The van der Waals surface area contributed by atoms with Gasteiger partial charge in [0.1, 0.15) is 0 Å². The zero-order chi connectivity index (χ0) is 12.1. The number of primary amides is 1. The quantitative estimate of drug-likeness (QED) is 0.677. The van der Waals surface area contributed by atoms with Gasteiger partial charge in [-0.1, -0.05) is 6.92 Å². The monoisotopic (exact) mass is 229 g/mol. The minimum Gasteiger partial charge on any atom is -0.381 e. The zero-order valence-electron chi connectivity index (χ0n) is 10.2. The third-order valence-corrected chi connectivity index (χ3v) is 3.43. The van der Waals surface area contributed by atoms with Crippen molar-refractivity contribution >= 4 is 5.91 Å². The number of hydrogen-bond donors (Lipinski definition) is 2. The molecule has 0 aliphatic carbocycles. The summed E-state index contributed by atoms with van der Waals surface area (Å²) in [5.74, 6) is -0.253. The SMILES string of the molecule is CCC(C(N)=O)N1CCC(OC)CC1CN. The van der Waals surface area contributed by atoms with Crippen LogP contribution in [0.15, 0.2) is 0 Å². The Morgan fingerprint density at radius 2 is 2.31 bits per heavy atom. The van der Waals surface area contributed by atoms with Crippen LogP contribution >= 0.6 is 0 Å². The predicted octanol–water partition coefficient (Wildman–Crippen LogP) is -0.312. The van der Waals surface area contributed by atoms with E-state index in [1.807, 2.05) is 6.92 Å². The molecule has 0 spiro atoms. The summed E-state index contributed by atoms with van der Waals surface area (Å²) in [5, 5.41) is 0. The van der Waals surface area contributed by atoms with Gasteiger partial charge in [-0.2, -0.15) is 0 Å². The van der Waals surface area contributed by atoms with Crippen molar-refractivity contribution in [2.45, 2.75) is 44.4 Å². The van der Waals surface area contributed by atoms with Gasteiger partial charge in [-0.3, -0.25) is 9.69 Å². The van der Waals surface area contributed by atoms with Crippen LogP contribution in [0.1, 0.15) is 26.2 Å². The average molecular weight is 229 g/mol. The Bertz CT molecular complexity index is 235. The van der Waals surface area contributed by atoms with Crippen molar-refractivity contribution < 1.29 is 9.53 Å². The maximum atomic E-state index is 11.4. The maximum Gasteiger partial charge on any atom is 0.234 e. The molecule has 5 nitrogen and oxygen atoms in total. The highest BCUT2D eigenvalue weighted by Crippen LogP contribution is 2.22. The Labute approximate surface area is 97.1 Å². The summed E-state index contributed by atoms with van der Waals surface area (Å²) in [5.41, 5.74) is 11.2. The van der Waals surface area contributed by atoms with E-state index in [4.69, 9.17) is 16.2 Å². The van der Waals surface area contributed by atoms with Crippen molar-refractivity contribution in [1.82, 2.24) is 4.90 Å². The molecular formula is C11H23N3O2. The highest BCUT2D eigenvalue weighted by molar-refractivity contribution is 5.79. The van der Waals surface area contributed by atoms with Gasteiger partial charge in [0.05, 0.1) is 12.1 Å². The van der Waals surface area contributed by atoms with Crippen LogP contribution in [0.4, 0.5) is 0 Å². The van der Waals surface area contributed by atoms with Crippen molar-refractivity contribution in [3.8, 4) is 0 Å². The van der Waals surface area contributed by atoms with Gasteiger partial charge in [-0.15, -0.1) is 0 Å². The molecule has 3 unspecified atom stereocenters. The van der Waals surface area contributed by atoms with Crippen molar-refractivity contribution in [3.05, 3.63) is 0 Å². The second-order valence-electron chi connectivity index (χ2n) is 4.34. The minimum atomic E-state index is -0.253. The highest BCUT2D eigenvalue weighted by Gasteiger charge is 2.33. The molecule has 1 aliphatic rings. The van der Waals surface area contributed by atoms with Crippen LogP contribution in [0, 0.1) is 0 Å². The van der Waals surface area contributed by atoms with Gasteiger partial charge >= 0.3 is 0 Å². The number of nitrogens with two attached hydrogens (primary N) is 2. The summed E-state index contributed by atoms with van der Waals surface area (Å²) in [7, 11) is 1.72. The summed E-state index contributed by atoms with van der Waals surface area (Å²) in [6, 6.07) is 0.0162. The van der Waals surface area contributed by atoms with Crippen molar-refractivity contribution in [2.24, 2.45) is 11.5 Å². The van der Waals surface area contributed by atoms with E-state index in [0.29, 0.717) is 6.54 Å². The molecule has 1 fully saturated rings. The lowest BCUT2D eigenvalue weighted by Crippen LogP contribution is -2.56. The van der Waals surface area contributed by atoms with E-state index < -0.39 is 0 Å². The Balaban J connectivity index is 2.68. The second-order valence-corrected chi connectivity index (χ2v) is 4.34. The first kappa shape index (κ1) is 13.4. The van der Waals surface area contributed by atoms with E-state index >= 15 is 0 Å². The van der Waals surface area contributed by atoms with Crippen molar-refractivity contribution in [3.63, 3.8) is 0 Å². The first-order valence-electron chi connectivity index (χ1n) is 5.91. The molecule has 0 aromatic carbocycles. The smallest absolute Gasteiger partial charge is 0.234 e. The van der Waals surface area contributed by atoms with E-state index in [9.17, 15) is 4.79 Å². The molecule has 1 amide bonds. The van der Waals surface area contributed by atoms with E-state index in [0.717, 1.165) is 25.8 Å². The van der Waals surface area contributed by atoms with Gasteiger partial charge in [0, 0.05) is 26.2 Å². The number of carbonyl (C=O) groups excluding carboxylic acids is 1. The lowest BCUT2D eigenvalue weighted by Gasteiger charge is -2.41. The number of nitrogens with zero attached hydrogens (tertiary/aromatic N) is 1. The summed E-state index contributed by atoms with van der Waals surface area (Å²) in [6.45, 7) is 3.36. The molecule has 1 heterocycles. The van der Waals surface area contributed by atoms with E-state index in [-0.39, 0.29) is 24.1 Å². The van der Waals surface area contributed by atoms with Gasteiger partial charge in [0.15, 0.2) is 0 Å². The van der Waals surface area contributed by atoms with Gasteiger partial charge in [-0.25, -0.2) is 0 Å². The third kappa shape index (κ3) is 2.93. The van der Waals surface area contributed by atoms with E-state index in [2.05, 4.69) is 4.90 Å². The molecule has 5 heteroatoms. The number of methoxy groups -OCH3 is 1. The Hall–Kier alpha value is -0.650. The van der Waals surface area contributed by atoms with Crippen LogP contribution in [0.25, 0.3) is 0 Å². The van der Waals surface area contributed by atoms with Crippen LogP contribution in [0.5, 0.6) is 0 Å². The molecule has 0 bridgehead atoms. The lowest BCUT2D eigenvalue weighted by molar-refractivity contribution is -0.126. The molecule has 94 valence electrons. The summed E-state index contributed by atoms with van der Waals surface area (Å²) < 4.78 is 5.35. The molecule has 0 radical (unpaired) electrons. The lowest BCUT2D eigenvalue weighted by atomic mass is 9.96. The van der Waals surface area contributed by atoms with Crippen LogP contribution in [0.3, 0.4) is 0 Å². The zero-order valence-corrected chi connectivity index (χ0v) is 10.2. The first-order chi connectivity index (χ1) is 7.63. The van der Waals surface area contributed by atoms with Crippen LogP contribution < -0.4 is 11.5 Å². The number of carbonyl (C=O) groups is 1. The minimum absolute atomic E-state index is 0.189. The topological polar surface area (TPSA) is 81.6 Å². The summed E-state index contributed by atoms with van der Waals surface area (Å²) >= 11 is 0. The molecule has 1 rings (SSSR count). The average Bonchev–Trinajstić information content (AvgIpc) is 2.29. The molecule has 16 heavy (non-hydrogen) atoms. The number of amides is 1. The molecule has 4 N–H and O–H groups in total. The second kappa shape index (κ2) is 6.18. The third-order valence-electron chi connectivity index (χ3n) is 3.43. The summed E-state index contributed by atoms with van der Waals surface area (Å²) in [4.78, 5) is 13.5.